The Labute approximate surface area is 99.6 Å². The predicted octanol–water partition coefficient (Wildman–Crippen LogP) is 2.75. The Morgan fingerprint density at radius 3 is 2.62 bits per heavy atom. The molecular formula is C12H13ClO3. The number of benzene rings is 1. The van der Waals surface area contributed by atoms with Gasteiger partial charge in [-0.1, -0.05) is 36.4 Å². The van der Waals surface area contributed by atoms with Gasteiger partial charge in [0, 0.05) is 5.57 Å². The van der Waals surface area contributed by atoms with Crippen LogP contribution in [0.4, 0.5) is 0 Å². The highest BCUT2D eigenvalue weighted by Crippen LogP contribution is 2.13. The third-order valence-corrected chi connectivity index (χ3v) is 1.92. The Hall–Kier alpha value is -1.48. The van der Waals surface area contributed by atoms with Crippen LogP contribution in [0.1, 0.15) is 6.92 Å². The standard InChI is InChI=1S/C12H13ClO3/c1-9(2)12(14)15-8-11(13)16-10-6-4-3-5-7-10/h3-7,11H,1,8H2,2H3. The number of hydrogen-bond acceptors (Lipinski definition) is 3. The molecule has 86 valence electrons. The van der Waals surface area contributed by atoms with E-state index < -0.39 is 11.5 Å². The van der Waals surface area contributed by atoms with Crippen LogP contribution in [0.3, 0.4) is 0 Å². The van der Waals surface area contributed by atoms with Gasteiger partial charge in [-0.15, -0.1) is 0 Å². The molecule has 0 aromatic heterocycles. The van der Waals surface area contributed by atoms with E-state index in [1.54, 1.807) is 19.1 Å². The molecule has 0 aliphatic carbocycles. The summed E-state index contributed by atoms with van der Waals surface area (Å²) < 4.78 is 10.1. The average Bonchev–Trinajstić information content (AvgIpc) is 2.27. The van der Waals surface area contributed by atoms with E-state index in [0.717, 1.165) is 0 Å². The van der Waals surface area contributed by atoms with Gasteiger partial charge in [-0.25, -0.2) is 4.79 Å². The summed E-state index contributed by atoms with van der Waals surface area (Å²) in [4.78, 5) is 11.1. The maximum atomic E-state index is 11.1. The molecule has 0 fully saturated rings. The average molecular weight is 241 g/mol. The molecule has 1 rings (SSSR count). The first-order valence-corrected chi connectivity index (χ1v) is 5.21. The van der Waals surface area contributed by atoms with Gasteiger partial charge in [-0.2, -0.15) is 0 Å². The summed E-state index contributed by atoms with van der Waals surface area (Å²) in [6.07, 6.45) is 0. The van der Waals surface area contributed by atoms with E-state index in [0.29, 0.717) is 11.3 Å². The van der Waals surface area contributed by atoms with Crippen LogP contribution in [-0.2, 0) is 9.53 Å². The van der Waals surface area contributed by atoms with Gasteiger partial charge in [0.15, 0.2) is 0 Å². The van der Waals surface area contributed by atoms with Crippen molar-refractivity contribution in [3.63, 3.8) is 0 Å². The van der Waals surface area contributed by atoms with E-state index in [4.69, 9.17) is 21.1 Å². The number of alkyl halides is 1. The predicted molar refractivity (Wildman–Crippen MR) is 62.5 cm³/mol. The smallest absolute Gasteiger partial charge is 0.333 e. The minimum Gasteiger partial charge on any atom is -0.471 e. The summed E-state index contributed by atoms with van der Waals surface area (Å²) in [7, 11) is 0. The summed E-state index contributed by atoms with van der Waals surface area (Å²) in [6, 6.07) is 9.08. The van der Waals surface area contributed by atoms with Gasteiger partial charge in [0.2, 0.25) is 5.56 Å². The van der Waals surface area contributed by atoms with Crippen LogP contribution in [0.2, 0.25) is 0 Å². The van der Waals surface area contributed by atoms with Crippen molar-refractivity contribution < 1.29 is 14.3 Å². The van der Waals surface area contributed by atoms with Crippen molar-refractivity contribution in [2.24, 2.45) is 0 Å². The first-order chi connectivity index (χ1) is 7.59. The highest BCUT2D eigenvalue weighted by molar-refractivity contribution is 6.20. The van der Waals surface area contributed by atoms with E-state index in [-0.39, 0.29) is 6.61 Å². The molecule has 0 spiro atoms. The normalized spacial score (nSPS) is 11.6. The van der Waals surface area contributed by atoms with Gasteiger partial charge >= 0.3 is 5.97 Å². The van der Waals surface area contributed by atoms with Crippen LogP contribution < -0.4 is 4.74 Å². The zero-order valence-electron chi connectivity index (χ0n) is 8.98. The fourth-order valence-electron chi connectivity index (χ4n) is 0.945. The molecule has 0 amide bonds. The van der Waals surface area contributed by atoms with Crippen LogP contribution in [0, 0.1) is 0 Å². The molecule has 16 heavy (non-hydrogen) atoms. The lowest BCUT2D eigenvalue weighted by atomic mass is 10.3. The molecule has 1 atom stereocenters. The van der Waals surface area contributed by atoms with Crippen molar-refractivity contribution in [3.05, 3.63) is 42.5 Å². The maximum absolute atomic E-state index is 11.1. The molecule has 0 aliphatic rings. The fraction of sp³-hybridized carbons (Fsp3) is 0.250. The lowest BCUT2D eigenvalue weighted by Gasteiger charge is -2.12. The summed E-state index contributed by atoms with van der Waals surface area (Å²) >= 11 is 5.84. The monoisotopic (exact) mass is 240 g/mol. The Morgan fingerprint density at radius 1 is 1.44 bits per heavy atom. The van der Waals surface area contributed by atoms with E-state index in [1.165, 1.54) is 0 Å². The highest BCUT2D eigenvalue weighted by Gasteiger charge is 2.10. The first kappa shape index (κ1) is 12.6. The number of esters is 1. The second kappa shape index (κ2) is 6.18. The van der Waals surface area contributed by atoms with Crippen molar-refractivity contribution >= 4 is 17.6 Å². The molecule has 1 aromatic rings. The van der Waals surface area contributed by atoms with E-state index in [2.05, 4.69) is 6.58 Å². The maximum Gasteiger partial charge on any atom is 0.333 e. The van der Waals surface area contributed by atoms with Crippen LogP contribution in [0.5, 0.6) is 5.75 Å². The lowest BCUT2D eigenvalue weighted by molar-refractivity contribution is -0.140. The number of ether oxygens (including phenoxy) is 2. The third kappa shape index (κ3) is 4.36. The summed E-state index contributed by atoms with van der Waals surface area (Å²) in [6.45, 7) is 5.02. The van der Waals surface area contributed by atoms with Gasteiger partial charge in [-0.3, -0.25) is 0 Å². The van der Waals surface area contributed by atoms with Gasteiger partial charge in [0.1, 0.15) is 12.4 Å². The van der Waals surface area contributed by atoms with Gasteiger partial charge in [-0.05, 0) is 19.1 Å². The third-order valence-electron chi connectivity index (χ3n) is 1.70. The van der Waals surface area contributed by atoms with E-state index in [1.807, 2.05) is 18.2 Å². The minimum absolute atomic E-state index is 0.0118. The van der Waals surface area contributed by atoms with Gasteiger partial charge in [0.25, 0.3) is 0 Å². The molecule has 1 aromatic carbocycles. The number of halogens is 1. The molecule has 0 radical (unpaired) electrons. The molecular weight excluding hydrogens is 228 g/mol. The zero-order valence-corrected chi connectivity index (χ0v) is 9.74. The molecule has 0 bridgehead atoms. The van der Waals surface area contributed by atoms with Crippen molar-refractivity contribution in [1.82, 2.24) is 0 Å². The van der Waals surface area contributed by atoms with E-state index >= 15 is 0 Å². The summed E-state index contributed by atoms with van der Waals surface area (Å²) in [5, 5.41) is 0. The van der Waals surface area contributed by atoms with Crippen LogP contribution in [-0.4, -0.2) is 18.1 Å². The number of rotatable bonds is 5. The lowest BCUT2D eigenvalue weighted by Crippen LogP contribution is -2.19. The van der Waals surface area contributed by atoms with Crippen molar-refractivity contribution in [2.45, 2.75) is 12.5 Å². The fourth-order valence-corrected chi connectivity index (χ4v) is 1.11. The van der Waals surface area contributed by atoms with Gasteiger partial charge in [0.05, 0.1) is 0 Å². The second-order valence-corrected chi connectivity index (χ2v) is 3.71. The molecule has 3 nitrogen and oxygen atoms in total. The Balaban J connectivity index is 2.34. The van der Waals surface area contributed by atoms with Crippen LogP contribution >= 0.6 is 11.6 Å². The summed E-state index contributed by atoms with van der Waals surface area (Å²) in [5.41, 5.74) is -0.366. The molecule has 0 N–H and O–H groups in total. The number of carbonyl (C=O) groups excluding carboxylic acids is 1. The van der Waals surface area contributed by atoms with E-state index in [9.17, 15) is 4.79 Å². The Kier molecular flexibility index (Phi) is 4.86. The zero-order chi connectivity index (χ0) is 12.0. The summed E-state index contributed by atoms with van der Waals surface area (Å²) in [5.74, 6) is 0.163. The largest absolute Gasteiger partial charge is 0.471 e. The SMILES string of the molecule is C=C(C)C(=O)OCC(Cl)Oc1ccccc1. The molecule has 1 unspecified atom stereocenters. The molecule has 0 saturated heterocycles. The number of hydrogen-bond donors (Lipinski definition) is 0. The highest BCUT2D eigenvalue weighted by atomic mass is 35.5. The van der Waals surface area contributed by atoms with Gasteiger partial charge < -0.3 is 9.47 Å². The Bertz CT molecular complexity index is 362. The van der Waals surface area contributed by atoms with Crippen LogP contribution in [0.15, 0.2) is 42.5 Å². The molecule has 0 saturated carbocycles. The second-order valence-electron chi connectivity index (χ2n) is 3.22. The molecule has 4 heteroatoms. The van der Waals surface area contributed by atoms with Crippen molar-refractivity contribution in [1.29, 1.82) is 0 Å². The van der Waals surface area contributed by atoms with Crippen LogP contribution in [0.25, 0.3) is 0 Å². The van der Waals surface area contributed by atoms with Crippen molar-refractivity contribution in [3.8, 4) is 5.75 Å². The topological polar surface area (TPSA) is 35.5 Å². The Morgan fingerprint density at radius 2 is 2.06 bits per heavy atom. The molecule has 0 aliphatic heterocycles. The number of para-hydroxylation sites is 1. The first-order valence-electron chi connectivity index (χ1n) is 4.78. The molecule has 0 heterocycles. The minimum atomic E-state index is -0.703. The number of carbonyl (C=O) groups is 1. The quantitative estimate of drug-likeness (QED) is 0.451. The van der Waals surface area contributed by atoms with Crippen molar-refractivity contribution in [2.75, 3.05) is 6.61 Å².